The van der Waals surface area contributed by atoms with Crippen molar-refractivity contribution in [2.75, 3.05) is 0 Å². The third-order valence-electron chi connectivity index (χ3n) is 3.75. The Balaban J connectivity index is 0.00000101. The van der Waals surface area contributed by atoms with Gasteiger partial charge in [0.25, 0.3) is 0 Å². The van der Waals surface area contributed by atoms with E-state index < -0.39 is 6.69 Å². The first kappa shape index (κ1) is 24.5. The number of allylic oxidation sites excluding steroid dienone is 4. The van der Waals surface area contributed by atoms with Gasteiger partial charge in [0.05, 0.1) is 0 Å². The van der Waals surface area contributed by atoms with Crippen LogP contribution in [0.4, 0.5) is 0 Å². The average Bonchev–Trinajstić information content (AvgIpc) is 2.56. The molecular formula is C22H36Cl2Si. The maximum Gasteiger partial charge on any atom is 0.245 e. The summed E-state index contributed by atoms with van der Waals surface area (Å²) in [4.78, 5) is 0. The molecule has 3 heteroatoms. The van der Waals surface area contributed by atoms with Crippen LogP contribution in [0.25, 0.3) is 0 Å². The highest BCUT2D eigenvalue weighted by Crippen LogP contribution is 2.26. The van der Waals surface area contributed by atoms with Gasteiger partial charge in [0.2, 0.25) is 6.69 Å². The zero-order valence-corrected chi connectivity index (χ0v) is 19.0. The van der Waals surface area contributed by atoms with Crippen LogP contribution in [0.1, 0.15) is 70.3 Å². The molecular weight excluding hydrogens is 363 g/mol. The number of hydrogen-bond acceptors (Lipinski definition) is 0. The molecule has 0 bridgehead atoms. The molecule has 25 heavy (non-hydrogen) atoms. The van der Waals surface area contributed by atoms with Crippen molar-refractivity contribution in [1.29, 1.82) is 0 Å². The van der Waals surface area contributed by atoms with E-state index in [1.807, 2.05) is 13.1 Å². The summed E-state index contributed by atoms with van der Waals surface area (Å²) in [7, 11) is 0. The monoisotopic (exact) mass is 398 g/mol. The standard InChI is InChI=1S/C20H30.C2H6Cl2Si/c1-3-5-7-8-9-12-16-19(15-11-6-4-2)20-17-13-10-14-18-20;1-5(2,3)4/h3,5,9-10,12-14,17-19H,4,6-8,11,15-16H2,1-2H3;1-2H3. The van der Waals surface area contributed by atoms with Crippen LogP contribution in [0.2, 0.25) is 13.1 Å². The highest BCUT2D eigenvalue weighted by atomic mass is 35.7. The Labute approximate surface area is 166 Å². The Morgan fingerprint density at radius 2 is 1.56 bits per heavy atom. The van der Waals surface area contributed by atoms with E-state index in [1.165, 1.54) is 50.5 Å². The van der Waals surface area contributed by atoms with Crippen molar-refractivity contribution < 1.29 is 0 Å². The van der Waals surface area contributed by atoms with Crippen LogP contribution in [0.3, 0.4) is 0 Å². The van der Waals surface area contributed by atoms with Gasteiger partial charge in [-0.05, 0) is 57.2 Å². The Hall–Kier alpha value is -0.503. The van der Waals surface area contributed by atoms with E-state index in [-0.39, 0.29) is 0 Å². The van der Waals surface area contributed by atoms with Crippen molar-refractivity contribution in [2.24, 2.45) is 0 Å². The molecule has 0 nitrogen and oxygen atoms in total. The fourth-order valence-corrected chi connectivity index (χ4v) is 2.52. The summed E-state index contributed by atoms with van der Waals surface area (Å²) in [6, 6.07) is 11.0. The van der Waals surface area contributed by atoms with Gasteiger partial charge < -0.3 is 0 Å². The van der Waals surface area contributed by atoms with Gasteiger partial charge in [-0.1, -0.05) is 80.8 Å². The zero-order valence-electron chi connectivity index (χ0n) is 16.5. The fraction of sp³-hybridized carbons (Fsp3) is 0.545. The van der Waals surface area contributed by atoms with Gasteiger partial charge in [0.1, 0.15) is 0 Å². The van der Waals surface area contributed by atoms with Gasteiger partial charge in [-0.2, -0.15) is 0 Å². The smallest absolute Gasteiger partial charge is 0.146 e. The topological polar surface area (TPSA) is 0 Å². The minimum Gasteiger partial charge on any atom is -0.146 e. The lowest BCUT2D eigenvalue weighted by Gasteiger charge is -2.15. The zero-order chi connectivity index (χ0) is 19.0. The summed E-state index contributed by atoms with van der Waals surface area (Å²) in [6.45, 7) is 6.41. The van der Waals surface area contributed by atoms with Crippen LogP contribution in [0.5, 0.6) is 0 Å². The third kappa shape index (κ3) is 18.1. The molecule has 0 aliphatic carbocycles. The lowest BCUT2D eigenvalue weighted by atomic mass is 9.90. The highest BCUT2D eigenvalue weighted by molar-refractivity contribution is 7.44. The van der Waals surface area contributed by atoms with Gasteiger partial charge in [0, 0.05) is 0 Å². The van der Waals surface area contributed by atoms with Crippen LogP contribution in [-0.2, 0) is 0 Å². The van der Waals surface area contributed by atoms with E-state index in [0.717, 1.165) is 0 Å². The van der Waals surface area contributed by atoms with E-state index >= 15 is 0 Å². The van der Waals surface area contributed by atoms with Crippen molar-refractivity contribution in [3.63, 3.8) is 0 Å². The molecule has 0 saturated carbocycles. The molecule has 0 aliphatic heterocycles. The van der Waals surface area contributed by atoms with Gasteiger partial charge >= 0.3 is 0 Å². The third-order valence-corrected chi connectivity index (χ3v) is 3.75. The molecule has 0 saturated heterocycles. The fourth-order valence-electron chi connectivity index (χ4n) is 2.52. The van der Waals surface area contributed by atoms with Gasteiger partial charge in [-0.3, -0.25) is 0 Å². The van der Waals surface area contributed by atoms with Crippen LogP contribution >= 0.6 is 22.2 Å². The highest BCUT2D eigenvalue weighted by Gasteiger charge is 2.09. The normalized spacial score (nSPS) is 13.0. The van der Waals surface area contributed by atoms with E-state index in [4.69, 9.17) is 22.2 Å². The van der Waals surface area contributed by atoms with Crippen LogP contribution in [0.15, 0.2) is 54.6 Å². The molecule has 1 atom stereocenters. The van der Waals surface area contributed by atoms with E-state index in [1.54, 1.807) is 0 Å². The predicted molar refractivity (Wildman–Crippen MR) is 120 cm³/mol. The summed E-state index contributed by atoms with van der Waals surface area (Å²) in [5.41, 5.74) is 1.50. The van der Waals surface area contributed by atoms with Crippen molar-refractivity contribution in [3.8, 4) is 0 Å². The minimum atomic E-state index is -1.67. The molecule has 0 amide bonds. The molecule has 0 aliphatic rings. The van der Waals surface area contributed by atoms with Crippen molar-refractivity contribution >= 4 is 28.9 Å². The number of benzene rings is 1. The molecule has 1 rings (SSSR count). The molecule has 1 aromatic carbocycles. The summed E-state index contributed by atoms with van der Waals surface area (Å²) < 4.78 is 0. The first-order chi connectivity index (χ1) is 11.9. The van der Waals surface area contributed by atoms with Gasteiger partial charge in [0.15, 0.2) is 0 Å². The number of unbranched alkanes of at least 4 members (excludes halogenated alkanes) is 3. The molecule has 1 unspecified atom stereocenters. The van der Waals surface area contributed by atoms with Crippen LogP contribution in [0, 0.1) is 0 Å². The first-order valence-electron chi connectivity index (χ1n) is 9.57. The Morgan fingerprint density at radius 3 is 2.12 bits per heavy atom. The van der Waals surface area contributed by atoms with E-state index in [0.29, 0.717) is 5.92 Å². The number of rotatable bonds is 10. The second kappa shape index (κ2) is 15.7. The first-order valence-corrected chi connectivity index (χ1v) is 14.6. The minimum absolute atomic E-state index is 0.695. The Kier molecular flexibility index (Phi) is 15.4. The van der Waals surface area contributed by atoms with Crippen molar-refractivity contribution in [2.45, 2.75) is 77.8 Å². The maximum atomic E-state index is 5.43. The second-order valence-electron chi connectivity index (χ2n) is 6.78. The molecule has 0 aromatic heterocycles. The molecule has 0 radical (unpaired) electrons. The number of halogens is 2. The van der Waals surface area contributed by atoms with E-state index in [9.17, 15) is 0 Å². The summed E-state index contributed by atoms with van der Waals surface area (Å²) in [5.74, 6) is 0.695. The molecule has 0 heterocycles. The van der Waals surface area contributed by atoms with Crippen LogP contribution in [-0.4, -0.2) is 6.69 Å². The molecule has 142 valence electrons. The van der Waals surface area contributed by atoms with Crippen molar-refractivity contribution in [1.82, 2.24) is 0 Å². The Bertz CT molecular complexity index is 455. The van der Waals surface area contributed by atoms with E-state index in [2.05, 4.69) is 68.5 Å². The largest absolute Gasteiger partial charge is 0.245 e. The predicted octanol–water partition coefficient (Wildman–Crippen LogP) is 8.82. The lowest BCUT2D eigenvalue weighted by Crippen LogP contribution is -2.02. The molecule has 0 spiro atoms. The summed E-state index contributed by atoms with van der Waals surface area (Å²) in [5, 5.41) is 0. The summed E-state index contributed by atoms with van der Waals surface area (Å²) in [6.07, 6.45) is 17.9. The number of hydrogen-bond donors (Lipinski definition) is 0. The quantitative estimate of drug-likeness (QED) is 0.160. The van der Waals surface area contributed by atoms with Gasteiger partial charge in [-0.25, -0.2) is 0 Å². The average molecular weight is 400 g/mol. The lowest BCUT2D eigenvalue weighted by molar-refractivity contribution is 0.570. The Morgan fingerprint density at radius 1 is 0.960 bits per heavy atom. The van der Waals surface area contributed by atoms with Crippen LogP contribution < -0.4 is 0 Å². The molecule has 0 N–H and O–H groups in total. The SMILES string of the molecule is CC=CCCC=CCC(CCCCC)c1ccccc1.C[Si](C)(Cl)Cl. The van der Waals surface area contributed by atoms with Crippen molar-refractivity contribution in [3.05, 3.63) is 60.2 Å². The maximum absolute atomic E-state index is 5.43. The second-order valence-corrected chi connectivity index (χ2v) is 15.7. The summed E-state index contributed by atoms with van der Waals surface area (Å²) >= 11 is 10.9. The molecule has 0 fully saturated rings. The van der Waals surface area contributed by atoms with Gasteiger partial charge in [-0.15, -0.1) is 22.2 Å². The molecule has 1 aromatic rings.